The van der Waals surface area contributed by atoms with Crippen LogP contribution < -0.4 is 25.3 Å². The van der Waals surface area contributed by atoms with Crippen molar-refractivity contribution in [2.45, 2.75) is 69.2 Å². The van der Waals surface area contributed by atoms with Gasteiger partial charge >= 0.3 is 0 Å². The lowest BCUT2D eigenvalue weighted by Gasteiger charge is -2.37. The minimum Gasteiger partial charge on any atom is -0.394 e. The van der Waals surface area contributed by atoms with E-state index in [0.29, 0.717) is 56.1 Å². The van der Waals surface area contributed by atoms with Gasteiger partial charge in [0.05, 0.1) is 50.5 Å². The number of hydrogen-bond acceptors (Lipinski definition) is 8. The van der Waals surface area contributed by atoms with Gasteiger partial charge in [-0.2, -0.15) is 0 Å². The summed E-state index contributed by atoms with van der Waals surface area (Å²) in [5, 5.41) is 16.6. The van der Waals surface area contributed by atoms with Gasteiger partial charge in [0.1, 0.15) is 0 Å². The predicted octanol–water partition coefficient (Wildman–Crippen LogP) is 3.22. The van der Waals surface area contributed by atoms with E-state index in [2.05, 4.69) is 10.6 Å². The third-order valence-corrected chi connectivity index (χ3v) is 14.7. The van der Waals surface area contributed by atoms with Gasteiger partial charge in [-0.3, -0.25) is 19.2 Å². The number of nitrogens with zero attached hydrogens (tertiary/aromatic N) is 4. The highest BCUT2D eigenvalue weighted by atomic mass is 28.4. The van der Waals surface area contributed by atoms with Crippen LogP contribution in [0.5, 0.6) is 0 Å². The molecule has 12 nitrogen and oxygen atoms in total. The molecule has 1 spiro atoms. The molecule has 0 aromatic heterocycles. The summed E-state index contributed by atoms with van der Waals surface area (Å²) in [6.45, 7) is 8.07. The van der Waals surface area contributed by atoms with Crippen molar-refractivity contribution < 1.29 is 33.1 Å². The van der Waals surface area contributed by atoms with E-state index in [0.717, 1.165) is 22.4 Å². The van der Waals surface area contributed by atoms with Crippen LogP contribution in [0.4, 0.5) is 21.2 Å². The van der Waals surface area contributed by atoms with Crippen LogP contribution in [-0.2, 0) is 49.0 Å². The second-order valence-electron chi connectivity index (χ2n) is 16.0. The molecule has 5 aliphatic heterocycles. The lowest BCUT2D eigenvalue weighted by molar-refractivity contribution is -0.151. The van der Waals surface area contributed by atoms with Crippen LogP contribution in [0.3, 0.4) is 0 Å². The molecule has 0 aliphatic carbocycles. The minimum atomic E-state index is -3.61. The normalized spacial score (nSPS) is 26.9. The molecule has 14 heteroatoms. The third kappa shape index (κ3) is 6.57. The van der Waals surface area contributed by atoms with E-state index in [9.17, 15) is 19.5 Å². The quantitative estimate of drug-likeness (QED) is 0.235. The highest BCUT2D eigenvalue weighted by molar-refractivity contribution is 6.72. The fourth-order valence-electron chi connectivity index (χ4n) is 9.66. The molecule has 3 aromatic rings. The van der Waals surface area contributed by atoms with Gasteiger partial charge in [-0.1, -0.05) is 43.3 Å². The topological polar surface area (TPSA) is 135 Å². The van der Waals surface area contributed by atoms with Crippen molar-refractivity contribution in [2.24, 2.45) is 5.92 Å². The Balaban J connectivity index is 1.17. The van der Waals surface area contributed by atoms with Crippen LogP contribution in [0, 0.1) is 5.92 Å². The smallest absolute Gasteiger partial charge is 0.264 e. The van der Waals surface area contributed by atoms with Crippen LogP contribution in [0.2, 0.25) is 18.6 Å². The lowest BCUT2D eigenvalue weighted by atomic mass is 9.82. The number of fused-ring (bicyclic) bond motifs is 3. The highest BCUT2D eigenvalue weighted by Crippen LogP contribution is 2.61. The molecule has 5 aliphatic rings. The number of hydrogen-bond donors (Lipinski definition) is 3. The number of carbonyl (C=O) groups is 4. The van der Waals surface area contributed by atoms with Crippen molar-refractivity contribution in [3.05, 3.63) is 89.0 Å². The van der Waals surface area contributed by atoms with Crippen molar-refractivity contribution >= 4 is 49.1 Å². The molecule has 5 heterocycles. The Morgan fingerprint density at radius 3 is 2.25 bits per heavy atom. The molecule has 0 radical (unpaired) electrons. The number of aliphatic hydroxyl groups excluding tert-OH is 1. The van der Waals surface area contributed by atoms with Crippen molar-refractivity contribution in [2.75, 3.05) is 60.6 Å². The molecule has 3 aromatic carbocycles. The average Bonchev–Trinajstić information content (AvgIpc) is 3.60. The summed E-state index contributed by atoms with van der Waals surface area (Å²) in [6, 6.07) is 20.6. The molecule has 0 unspecified atom stereocenters. The second kappa shape index (κ2) is 14.6. The van der Waals surface area contributed by atoms with Gasteiger partial charge < -0.3 is 44.2 Å². The number of nitrogens with one attached hydrogen (secondary N) is 2. The standard InChI is InChI=1S/C41H49FN6O6Si/c1-26-39(55(2,3)42)35(20-36(50)47-24-29-9-5-4-8-28(29)18-32(47)25-49)54-41(26)33-19-31(46-16-14-44-22-38(46)52)11-12-34(33)48(40(41)53)23-27-7-6-10-30(17-27)45-15-13-43-21-37(45)51/h4-12,17,19,26,32,35,39,43-44,49H,13-16,18,20-25H2,1-3H3/t26-,32+,35+,39-,41+/m1/s1. The Morgan fingerprint density at radius 2 is 1.60 bits per heavy atom. The number of rotatable bonds is 8. The molecular formula is C41H49FN6O6Si. The molecule has 290 valence electrons. The molecule has 3 saturated heterocycles. The van der Waals surface area contributed by atoms with Crippen molar-refractivity contribution in [1.29, 1.82) is 0 Å². The zero-order valence-corrected chi connectivity index (χ0v) is 32.6. The monoisotopic (exact) mass is 768 g/mol. The van der Waals surface area contributed by atoms with Gasteiger partial charge in [0, 0.05) is 61.1 Å². The summed E-state index contributed by atoms with van der Waals surface area (Å²) in [5.74, 6) is -1.38. The van der Waals surface area contributed by atoms with Crippen LogP contribution in [0.15, 0.2) is 66.7 Å². The SMILES string of the molecule is C[C@@H]1[C@@H]([Si](C)(C)F)[C@H](CC(=O)N2Cc3ccccc3C[C@H]2CO)O[C@@]12C(=O)N(Cc1cccc(N3CCNCC3=O)c1)c1ccc(N3CCNCC3=O)cc12. The van der Waals surface area contributed by atoms with Crippen molar-refractivity contribution in [3.63, 3.8) is 0 Å². The first-order chi connectivity index (χ1) is 26.4. The molecular weight excluding hydrogens is 720 g/mol. The summed E-state index contributed by atoms with van der Waals surface area (Å²) in [7, 11) is -3.61. The van der Waals surface area contributed by atoms with E-state index >= 15 is 8.90 Å². The lowest BCUT2D eigenvalue weighted by Crippen LogP contribution is -2.48. The zero-order valence-electron chi connectivity index (χ0n) is 31.6. The molecule has 0 saturated carbocycles. The van der Waals surface area contributed by atoms with Gasteiger partial charge in [0.15, 0.2) is 5.60 Å². The molecule has 3 fully saturated rings. The maximum atomic E-state index is 16.8. The van der Waals surface area contributed by atoms with E-state index in [1.54, 1.807) is 32.7 Å². The number of benzene rings is 3. The minimum absolute atomic E-state index is 0.0307. The fourth-order valence-corrected chi connectivity index (χ4v) is 12.1. The number of amides is 4. The summed E-state index contributed by atoms with van der Waals surface area (Å²) in [5.41, 5.74) is 3.08. The number of halogens is 1. The Kier molecular flexibility index (Phi) is 9.91. The maximum absolute atomic E-state index is 16.8. The maximum Gasteiger partial charge on any atom is 0.264 e. The van der Waals surface area contributed by atoms with Gasteiger partial charge in [-0.15, -0.1) is 0 Å². The molecule has 55 heavy (non-hydrogen) atoms. The third-order valence-electron chi connectivity index (χ3n) is 12.3. The van der Waals surface area contributed by atoms with Crippen LogP contribution in [-0.4, -0.2) is 100 Å². The fraction of sp³-hybridized carbons (Fsp3) is 0.463. The van der Waals surface area contributed by atoms with Gasteiger partial charge in [0.2, 0.25) is 26.1 Å². The van der Waals surface area contributed by atoms with E-state index in [4.69, 9.17) is 4.74 Å². The van der Waals surface area contributed by atoms with Crippen LogP contribution in [0.1, 0.15) is 35.6 Å². The second-order valence-corrected chi connectivity index (χ2v) is 19.8. The molecule has 4 amide bonds. The van der Waals surface area contributed by atoms with Crippen LogP contribution in [0.25, 0.3) is 0 Å². The first kappa shape index (κ1) is 37.5. The molecule has 0 bridgehead atoms. The molecule has 8 rings (SSSR count). The van der Waals surface area contributed by atoms with E-state index in [1.165, 1.54) is 0 Å². The summed E-state index contributed by atoms with van der Waals surface area (Å²) in [6.07, 6.45) is -0.543. The Hall–Kier alpha value is -4.47. The summed E-state index contributed by atoms with van der Waals surface area (Å²) in [4.78, 5) is 62.1. The van der Waals surface area contributed by atoms with E-state index in [1.807, 2.05) is 73.7 Å². The van der Waals surface area contributed by atoms with E-state index in [-0.39, 0.29) is 56.3 Å². The number of ether oxygens (including phenoxy) is 1. The number of carbonyl (C=O) groups excluding carboxylic acids is 4. The van der Waals surface area contributed by atoms with Crippen molar-refractivity contribution in [1.82, 2.24) is 15.5 Å². The van der Waals surface area contributed by atoms with Gasteiger partial charge in [-0.05, 0) is 66.5 Å². The molecule has 5 atom stereocenters. The van der Waals surface area contributed by atoms with Gasteiger partial charge in [0.25, 0.3) is 5.91 Å². The Labute approximate surface area is 321 Å². The molecule has 3 N–H and O–H groups in total. The van der Waals surface area contributed by atoms with E-state index < -0.39 is 37.6 Å². The van der Waals surface area contributed by atoms with Crippen LogP contribution >= 0.6 is 0 Å². The highest BCUT2D eigenvalue weighted by Gasteiger charge is 2.67. The first-order valence-electron chi connectivity index (χ1n) is 19.3. The number of anilines is 3. The zero-order chi connectivity index (χ0) is 38.6. The van der Waals surface area contributed by atoms with Crippen molar-refractivity contribution in [3.8, 4) is 0 Å². The number of piperazine rings is 2. The summed E-state index contributed by atoms with van der Waals surface area (Å²) < 4.78 is 23.7. The largest absolute Gasteiger partial charge is 0.394 e. The average molecular weight is 769 g/mol. The summed E-state index contributed by atoms with van der Waals surface area (Å²) >= 11 is 0. The van der Waals surface area contributed by atoms with Gasteiger partial charge in [-0.25, -0.2) is 0 Å². The Bertz CT molecular complexity index is 2030. The first-order valence-corrected chi connectivity index (χ1v) is 22.3. The predicted molar refractivity (Wildman–Crippen MR) is 209 cm³/mol. The number of aliphatic hydroxyl groups is 1. The Morgan fingerprint density at radius 1 is 0.927 bits per heavy atom.